The third-order valence-corrected chi connectivity index (χ3v) is 2.58. The van der Waals surface area contributed by atoms with Crippen LogP contribution in [0.1, 0.15) is 33.1 Å². The van der Waals surface area contributed by atoms with Gasteiger partial charge in [-0.2, -0.15) is 0 Å². The first kappa shape index (κ1) is 13.5. The van der Waals surface area contributed by atoms with Crippen molar-refractivity contribution >= 4 is 11.8 Å². The standard InChI is InChI=1S/C13H18O4/c1-4-11(8-16-10(3)14)17-13-9(2)6-5-7-12(13)15/h4,11H,1,5-8H2,2-3H3/t11-/m1/s1. The van der Waals surface area contributed by atoms with Gasteiger partial charge >= 0.3 is 5.97 Å². The normalized spacial score (nSPS) is 17.6. The van der Waals surface area contributed by atoms with Gasteiger partial charge in [0.05, 0.1) is 0 Å². The van der Waals surface area contributed by atoms with Gasteiger partial charge in [0.15, 0.2) is 17.6 Å². The van der Waals surface area contributed by atoms with E-state index in [-0.39, 0.29) is 18.4 Å². The second kappa shape index (κ2) is 6.23. The molecule has 0 heterocycles. The zero-order chi connectivity index (χ0) is 12.8. The van der Waals surface area contributed by atoms with Gasteiger partial charge in [0.25, 0.3) is 0 Å². The highest BCUT2D eigenvalue weighted by molar-refractivity contribution is 5.94. The molecule has 1 aliphatic rings. The lowest BCUT2D eigenvalue weighted by atomic mass is 9.98. The Balaban J connectivity index is 2.63. The van der Waals surface area contributed by atoms with Gasteiger partial charge in [-0.1, -0.05) is 6.58 Å². The number of ketones is 1. The molecule has 1 atom stereocenters. The van der Waals surface area contributed by atoms with Crippen LogP contribution in [0, 0.1) is 0 Å². The van der Waals surface area contributed by atoms with Crippen molar-refractivity contribution < 1.29 is 19.1 Å². The lowest BCUT2D eigenvalue weighted by Gasteiger charge is -2.21. The quantitative estimate of drug-likeness (QED) is 0.544. The Labute approximate surface area is 101 Å². The lowest BCUT2D eigenvalue weighted by Crippen LogP contribution is -2.23. The molecule has 0 amide bonds. The zero-order valence-corrected chi connectivity index (χ0v) is 10.3. The lowest BCUT2D eigenvalue weighted by molar-refractivity contribution is -0.143. The Kier molecular flexibility index (Phi) is 4.94. The van der Waals surface area contributed by atoms with Gasteiger partial charge < -0.3 is 9.47 Å². The van der Waals surface area contributed by atoms with Crippen LogP contribution < -0.4 is 0 Å². The molecular formula is C13H18O4. The zero-order valence-electron chi connectivity index (χ0n) is 10.3. The van der Waals surface area contributed by atoms with Crippen LogP contribution in [0.4, 0.5) is 0 Å². The van der Waals surface area contributed by atoms with Crippen molar-refractivity contribution in [3.8, 4) is 0 Å². The summed E-state index contributed by atoms with van der Waals surface area (Å²) in [6.45, 7) is 6.91. The van der Waals surface area contributed by atoms with Crippen LogP contribution in [0.2, 0.25) is 0 Å². The molecule has 0 fully saturated rings. The number of allylic oxidation sites excluding steroid dienone is 2. The van der Waals surface area contributed by atoms with E-state index in [9.17, 15) is 9.59 Å². The number of hydrogen-bond donors (Lipinski definition) is 0. The minimum Gasteiger partial charge on any atom is -0.479 e. The Hall–Kier alpha value is -1.58. The van der Waals surface area contributed by atoms with Gasteiger partial charge in [0.1, 0.15) is 6.61 Å². The molecule has 0 aromatic rings. The van der Waals surface area contributed by atoms with Crippen molar-refractivity contribution in [2.24, 2.45) is 0 Å². The molecule has 1 rings (SSSR count). The first-order valence-electron chi connectivity index (χ1n) is 5.70. The van der Waals surface area contributed by atoms with Gasteiger partial charge in [0, 0.05) is 13.3 Å². The fourth-order valence-corrected chi connectivity index (χ4v) is 1.65. The molecule has 17 heavy (non-hydrogen) atoms. The number of esters is 1. The Morgan fingerprint density at radius 1 is 1.53 bits per heavy atom. The number of carbonyl (C=O) groups is 2. The van der Waals surface area contributed by atoms with Crippen LogP contribution in [0.15, 0.2) is 24.0 Å². The van der Waals surface area contributed by atoms with Crippen LogP contribution in [0.3, 0.4) is 0 Å². The first-order chi connectivity index (χ1) is 8.04. The van der Waals surface area contributed by atoms with E-state index in [2.05, 4.69) is 6.58 Å². The molecule has 0 unspecified atom stereocenters. The summed E-state index contributed by atoms with van der Waals surface area (Å²) in [6, 6.07) is 0. The van der Waals surface area contributed by atoms with Crippen LogP contribution in [-0.4, -0.2) is 24.5 Å². The van der Waals surface area contributed by atoms with E-state index in [0.29, 0.717) is 12.2 Å². The fourth-order valence-electron chi connectivity index (χ4n) is 1.65. The van der Waals surface area contributed by atoms with E-state index in [1.165, 1.54) is 13.0 Å². The maximum Gasteiger partial charge on any atom is 0.302 e. The molecule has 4 nitrogen and oxygen atoms in total. The largest absolute Gasteiger partial charge is 0.479 e. The maximum absolute atomic E-state index is 11.7. The molecule has 0 spiro atoms. The fraction of sp³-hybridized carbons (Fsp3) is 0.538. The minimum atomic E-state index is -0.467. The van der Waals surface area contributed by atoms with E-state index >= 15 is 0 Å². The smallest absolute Gasteiger partial charge is 0.302 e. The second-order valence-corrected chi connectivity index (χ2v) is 4.08. The summed E-state index contributed by atoms with van der Waals surface area (Å²) in [5.41, 5.74) is 0.955. The Morgan fingerprint density at radius 3 is 2.76 bits per heavy atom. The van der Waals surface area contributed by atoms with E-state index in [0.717, 1.165) is 18.4 Å². The monoisotopic (exact) mass is 238 g/mol. The van der Waals surface area contributed by atoms with Gasteiger partial charge in [-0.25, -0.2) is 0 Å². The van der Waals surface area contributed by atoms with Crippen molar-refractivity contribution in [1.29, 1.82) is 0 Å². The molecule has 0 radical (unpaired) electrons. The van der Waals surface area contributed by atoms with Gasteiger partial charge in [-0.3, -0.25) is 9.59 Å². The SMILES string of the molecule is C=C[C@H](COC(C)=O)OC1=C(C)CCCC1=O. The summed E-state index contributed by atoms with van der Waals surface area (Å²) < 4.78 is 10.4. The van der Waals surface area contributed by atoms with Gasteiger partial charge in [-0.05, 0) is 31.4 Å². The van der Waals surface area contributed by atoms with Gasteiger partial charge in [0.2, 0.25) is 0 Å². The molecule has 1 aliphatic carbocycles. The van der Waals surface area contributed by atoms with Gasteiger partial charge in [-0.15, -0.1) is 0 Å². The highest BCUT2D eigenvalue weighted by Gasteiger charge is 2.22. The highest BCUT2D eigenvalue weighted by atomic mass is 16.6. The van der Waals surface area contributed by atoms with Crippen molar-refractivity contribution in [2.75, 3.05) is 6.61 Å². The predicted molar refractivity (Wildman–Crippen MR) is 63.3 cm³/mol. The molecule has 0 aliphatic heterocycles. The van der Waals surface area contributed by atoms with E-state index in [4.69, 9.17) is 9.47 Å². The molecule has 0 aromatic carbocycles. The van der Waals surface area contributed by atoms with Crippen LogP contribution >= 0.6 is 0 Å². The third kappa shape index (κ3) is 4.06. The highest BCUT2D eigenvalue weighted by Crippen LogP contribution is 2.23. The van der Waals surface area contributed by atoms with Crippen molar-refractivity contribution in [2.45, 2.75) is 39.2 Å². The molecule has 4 heteroatoms. The molecule has 0 bridgehead atoms. The average Bonchev–Trinajstić information content (AvgIpc) is 2.27. The van der Waals surface area contributed by atoms with E-state index in [1.807, 2.05) is 6.92 Å². The minimum absolute atomic E-state index is 0.0171. The van der Waals surface area contributed by atoms with Crippen LogP contribution in [0.5, 0.6) is 0 Å². The summed E-state index contributed by atoms with van der Waals surface area (Å²) in [5.74, 6) is 0.0536. The number of hydrogen-bond acceptors (Lipinski definition) is 4. The number of rotatable bonds is 5. The van der Waals surface area contributed by atoms with Crippen molar-refractivity contribution in [1.82, 2.24) is 0 Å². The third-order valence-electron chi connectivity index (χ3n) is 2.58. The molecule has 0 saturated heterocycles. The van der Waals surface area contributed by atoms with Crippen molar-refractivity contribution in [3.63, 3.8) is 0 Å². The summed E-state index contributed by atoms with van der Waals surface area (Å²) >= 11 is 0. The predicted octanol–water partition coefficient (Wildman–Crippen LogP) is 2.15. The number of Topliss-reactive ketones (excluding diaryl/α,β-unsaturated/α-hetero) is 1. The summed E-state index contributed by atoms with van der Waals surface area (Å²) in [7, 11) is 0. The molecule has 0 aromatic heterocycles. The summed E-state index contributed by atoms with van der Waals surface area (Å²) in [4.78, 5) is 22.4. The summed E-state index contributed by atoms with van der Waals surface area (Å²) in [5, 5.41) is 0. The maximum atomic E-state index is 11.7. The first-order valence-corrected chi connectivity index (χ1v) is 5.70. The molecule has 94 valence electrons. The number of ether oxygens (including phenoxy) is 2. The second-order valence-electron chi connectivity index (χ2n) is 4.08. The molecule has 0 N–H and O–H groups in total. The van der Waals surface area contributed by atoms with E-state index in [1.54, 1.807) is 0 Å². The van der Waals surface area contributed by atoms with Crippen molar-refractivity contribution in [3.05, 3.63) is 24.0 Å². The van der Waals surface area contributed by atoms with E-state index < -0.39 is 6.10 Å². The Morgan fingerprint density at radius 2 is 2.24 bits per heavy atom. The van der Waals surface area contributed by atoms with Crippen LogP contribution in [0.25, 0.3) is 0 Å². The topological polar surface area (TPSA) is 52.6 Å². The average molecular weight is 238 g/mol. The van der Waals surface area contributed by atoms with Crippen LogP contribution in [-0.2, 0) is 19.1 Å². The Bertz CT molecular complexity index is 354. The molecule has 0 saturated carbocycles. The summed E-state index contributed by atoms with van der Waals surface area (Å²) in [6.07, 6.45) is 3.33. The molecular weight excluding hydrogens is 220 g/mol. The number of carbonyl (C=O) groups excluding carboxylic acids is 2.